The Morgan fingerprint density at radius 2 is 1.04 bits per heavy atom. The van der Waals surface area contributed by atoms with E-state index < -0.39 is 6.89 Å². The molecule has 0 unspecified atom stereocenters. The zero-order chi connectivity index (χ0) is 17.0. The van der Waals surface area contributed by atoms with Gasteiger partial charge in [0.2, 0.25) is 0 Å². The van der Waals surface area contributed by atoms with Crippen molar-refractivity contribution in [2.45, 2.75) is 6.42 Å². The van der Waals surface area contributed by atoms with Gasteiger partial charge in [0.1, 0.15) is 0 Å². The Labute approximate surface area is 150 Å². The van der Waals surface area contributed by atoms with Crippen molar-refractivity contribution in [2.75, 3.05) is 0 Å². The minimum Gasteiger partial charge on any atom is -0.0801 e. The fourth-order valence-electron chi connectivity index (χ4n) is 3.47. The Balaban J connectivity index is 2.09. The lowest BCUT2D eigenvalue weighted by atomic mass is 10.3. The van der Waals surface area contributed by atoms with Crippen molar-refractivity contribution < 1.29 is 0 Å². The molecule has 3 aromatic rings. The first-order valence-electron chi connectivity index (χ1n) is 8.67. The molecule has 25 heavy (non-hydrogen) atoms. The quantitative estimate of drug-likeness (QED) is 0.606. The fourth-order valence-corrected chi connectivity index (χ4v) is 7.43. The van der Waals surface area contributed by atoms with Crippen LogP contribution >= 0.6 is 6.89 Å². The Hall–Kier alpha value is -2.56. The van der Waals surface area contributed by atoms with E-state index in [-0.39, 0.29) is 0 Å². The highest BCUT2D eigenvalue weighted by Gasteiger charge is 2.25. The first-order chi connectivity index (χ1) is 12.4. The van der Waals surface area contributed by atoms with Crippen LogP contribution in [0.25, 0.3) is 0 Å². The second-order valence-corrected chi connectivity index (χ2v) is 9.49. The summed E-state index contributed by atoms with van der Waals surface area (Å²) in [5, 5.41) is 4.21. The lowest BCUT2D eigenvalue weighted by Crippen LogP contribution is -2.27. The second kappa shape index (κ2) is 7.13. The van der Waals surface area contributed by atoms with Gasteiger partial charge in [-0.25, -0.2) is 0 Å². The van der Waals surface area contributed by atoms with Crippen molar-refractivity contribution >= 4 is 28.6 Å². The summed E-state index contributed by atoms with van der Waals surface area (Å²) in [7, 11) is 0. The number of hydrogen-bond donors (Lipinski definition) is 0. The minimum absolute atomic E-state index is 1.02. The van der Waals surface area contributed by atoms with Gasteiger partial charge in [0, 0.05) is 0 Å². The average Bonchev–Trinajstić information content (AvgIpc) is 3.21. The Kier molecular flexibility index (Phi) is 4.55. The molecule has 0 amide bonds. The molecule has 1 heteroatoms. The van der Waals surface area contributed by atoms with Crippen LogP contribution in [0.3, 0.4) is 0 Å². The van der Waals surface area contributed by atoms with Gasteiger partial charge in [-0.2, -0.15) is 0 Å². The molecule has 122 valence electrons. The summed E-state index contributed by atoms with van der Waals surface area (Å²) in [5.41, 5.74) is 1.41. The predicted octanol–water partition coefficient (Wildman–Crippen LogP) is 4.67. The number of hydrogen-bond acceptors (Lipinski definition) is 0. The van der Waals surface area contributed by atoms with Crippen LogP contribution in [0.1, 0.15) is 6.42 Å². The lowest BCUT2D eigenvalue weighted by Gasteiger charge is -2.29. The van der Waals surface area contributed by atoms with Gasteiger partial charge < -0.3 is 0 Å². The van der Waals surface area contributed by atoms with Crippen molar-refractivity contribution in [1.82, 2.24) is 0 Å². The molecule has 0 saturated carbocycles. The maximum absolute atomic E-state index is 2.55. The molecular formula is C24H21P. The predicted molar refractivity (Wildman–Crippen MR) is 113 cm³/mol. The molecule has 0 aromatic heterocycles. The first kappa shape index (κ1) is 15.9. The van der Waals surface area contributed by atoms with Crippen molar-refractivity contribution in [1.29, 1.82) is 0 Å². The van der Waals surface area contributed by atoms with E-state index in [1.807, 2.05) is 0 Å². The van der Waals surface area contributed by atoms with E-state index in [4.69, 9.17) is 0 Å². The van der Waals surface area contributed by atoms with Crippen molar-refractivity contribution in [3.63, 3.8) is 0 Å². The molecule has 0 saturated heterocycles. The lowest BCUT2D eigenvalue weighted by molar-refractivity contribution is 1.39. The Morgan fingerprint density at radius 3 is 1.40 bits per heavy atom. The number of allylic oxidation sites excluding steroid dienone is 4. The van der Waals surface area contributed by atoms with Gasteiger partial charge in [0.15, 0.2) is 0 Å². The summed E-state index contributed by atoms with van der Waals surface area (Å²) in [6, 6.07) is 33.0. The monoisotopic (exact) mass is 340 g/mol. The molecule has 0 heterocycles. The second-order valence-electron chi connectivity index (χ2n) is 6.23. The fraction of sp³-hybridized carbons (Fsp3) is 0.0417. The van der Waals surface area contributed by atoms with Gasteiger partial charge in [-0.15, -0.1) is 0 Å². The van der Waals surface area contributed by atoms with E-state index in [9.17, 15) is 0 Å². The highest BCUT2D eigenvalue weighted by molar-refractivity contribution is 7.94. The molecule has 4 rings (SSSR count). The largest absolute Gasteiger partial charge is 0.0801 e. The van der Waals surface area contributed by atoms with E-state index in [1.54, 1.807) is 0 Å². The third kappa shape index (κ3) is 3.06. The molecule has 0 radical (unpaired) electrons. The first-order valence-corrected chi connectivity index (χ1v) is 10.5. The van der Waals surface area contributed by atoms with Crippen LogP contribution < -0.4 is 15.9 Å². The van der Waals surface area contributed by atoms with E-state index in [0.29, 0.717) is 0 Å². The Morgan fingerprint density at radius 1 is 0.600 bits per heavy atom. The Bertz CT molecular complexity index is 845. The molecule has 0 aliphatic heterocycles. The highest BCUT2D eigenvalue weighted by atomic mass is 31.2. The van der Waals surface area contributed by atoms with E-state index in [1.165, 1.54) is 21.5 Å². The van der Waals surface area contributed by atoms with Crippen molar-refractivity contribution in [3.8, 4) is 0 Å². The zero-order valence-electron chi connectivity index (χ0n) is 14.1. The third-order valence-electron chi connectivity index (χ3n) is 4.65. The molecule has 3 aromatic carbocycles. The van der Waals surface area contributed by atoms with Gasteiger partial charge >= 0.3 is 0 Å². The summed E-state index contributed by atoms with van der Waals surface area (Å²) in [4.78, 5) is 0. The van der Waals surface area contributed by atoms with E-state index in [2.05, 4.69) is 115 Å². The summed E-state index contributed by atoms with van der Waals surface area (Å²) in [6.45, 7) is -1.84. The summed E-state index contributed by atoms with van der Waals surface area (Å²) >= 11 is 0. The summed E-state index contributed by atoms with van der Waals surface area (Å²) < 4.78 is 0. The number of rotatable bonds is 4. The van der Waals surface area contributed by atoms with Crippen LogP contribution in [0.5, 0.6) is 0 Å². The topological polar surface area (TPSA) is 0 Å². The van der Waals surface area contributed by atoms with Gasteiger partial charge in [0.05, 0.1) is 0 Å². The van der Waals surface area contributed by atoms with Gasteiger partial charge in [0.25, 0.3) is 0 Å². The van der Waals surface area contributed by atoms with Crippen LogP contribution in [0.15, 0.2) is 115 Å². The molecule has 0 N–H and O–H groups in total. The van der Waals surface area contributed by atoms with Crippen LogP contribution in [0.2, 0.25) is 0 Å². The normalized spacial score (nSPS) is 13.5. The standard InChI is InChI=1S/C24H21P/c1-4-14-22(15-5-1)25(20-21-12-10-11-13-21,23-16-6-2-7-17-23)24-18-8-3-9-19-24/h1-12,14-20H,13H2. The SMILES string of the molecule is C1=CCC(C=P(c2ccccc2)(c2ccccc2)c2ccccc2)=C1. The van der Waals surface area contributed by atoms with Gasteiger partial charge in [-0.3, -0.25) is 0 Å². The molecule has 0 nitrogen and oxygen atoms in total. The molecule has 0 atom stereocenters. The summed E-state index contributed by atoms with van der Waals surface area (Å²) in [6.07, 6.45) is 7.68. The highest BCUT2D eigenvalue weighted by Crippen LogP contribution is 2.44. The molecule has 0 bridgehead atoms. The maximum Gasteiger partial charge on any atom is -0.00937 e. The summed E-state index contributed by atoms with van der Waals surface area (Å²) in [5.74, 6) is 2.55. The van der Waals surface area contributed by atoms with E-state index in [0.717, 1.165) is 6.42 Å². The smallest absolute Gasteiger partial charge is 0.00937 e. The van der Waals surface area contributed by atoms with Crippen LogP contribution in [-0.2, 0) is 0 Å². The maximum atomic E-state index is 2.55. The molecule has 1 aliphatic carbocycles. The van der Waals surface area contributed by atoms with Crippen LogP contribution in [-0.4, -0.2) is 5.80 Å². The minimum atomic E-state index is -1.84. The van der Waals surface area contributed by atoms with Crippen LogP contribution in [0.4, 0.5) is 0 Å². The van der Waals surface area contributed by atoms with Gasteiger partial charge in [-0.1, -0.05) is 109 Å². The zero-order valence-corrected chi connectivity index (χ0v) is 15.0. The molecule has 1 aliphatic rings. The van der Waals surface area contributed by atoms with Crippen molar-refractivity contribution in [3.05, 3.63) is 115 Å². The van der Waals surface area contributed by atoms with Crippen LogP contribution in [0, 0.1) is 0 Å². The van der Waals surface area contributed by atoms with Gasteiger partial charge in [-0.05, 0) is 40.6 Å². The van der Waals surface area contributed by atoms with E-state index >= 15 is 0 Å². The number of benzene rings is 3. The molecule has 0 spiro atoms. The third-order valence-corrected chi connectivity index (χ3v) is 8.71. The average molecular weight is 340 g/mol. The molecule has 0 fully saturated rings. The molecular weight excluding hydrogens is 319 g/mol. The van der Waals surface area contributed by atoms with Crippen molar-refractivity contribution in [2.24, 2.45) is 0 Å².